The zero-order chi connectivity index (χ0) is 15.4. The van der Waals surface area contributed by atoms with Crippen LogP contribution in [0.2, 0.25) is 0 Å². The summed E-state index contributed by atoms with van der Waals surface area (Å²) in [5, 5.41) is 9.31. The number of ether oxygens (including phenoxy) is 1. The van der Waals surface area contributed by atoms with Crippen LogP contribution in [0, 0.1) is 17.1 Å². The molecule has 1 unspecified atom stereocenters. The second-order valence-corrected chi connectivity index (χ2v) is 5.18. The first-order valence-corrected chi connectivity index (χ1v) is 6.89. The third kappa shape index (κ3) is 3.29. The maximum atomic E-state index is 13.3. The van der Waals surface area contributed by atoms with Gasteiger partial charge < -0.3 is 4.74 Å². The van der Waals surface area contributed by atoms with Crippen molar-refractivity contribution in [1.82, 2.24) is 0 Å². The number of hydrogen-bond donors (Lipinski definition) is 0. The van der Waals surface area contributed by atoms with Gasteiger partial charge in [0.15, 0.2) is 5.78 Å². The molecule has 0 fully saturated rings. The zero-order valence-corrected chi connectivity index (χ0v) is 12.7. The summed E-state index contributed by atoms with van der Waals surface area (Å²) in [5.74, 6) is -1.45. The molecule has 0 amide bonds. The van der Waals surface area contributed by atoms with E-state index in [2.05, 4.69) is 15.9 Å². The van der Waals surface area contributed by atoms with Crippen LogP contribution in [0.1, 0.15) is 21.8 Å². The Morgan fingerprint density at radius 1 is 1.33 bits per heavy atom. The maximum absolute atomic E-state index is 13.3. The molecule has 2 rings (SSSR count). The van der Waals surface area contributed by atoms with Crippen molar-refractivity contribution in [2.45, 2.75) is 5.92 Å². The van der Waals surface area contributed by atoms with Crippen LogP contribution in [0.4, 0.5) is 4.39 Å². The lowest BCUT2D eigenvalue weighted by molar-refractivity contribution is 0.0977. The number of Topliss-reactive ketones (excluding diaryl/α,β-unsaturated/α-hetero) is 1. The highest BCUT2D eigenvalue weighted by molar-refractivity contribution is 9.10. The van der Waals surface area contributed by atoms with Crippen molar-refractivity contribution in [3.05, 3.63) is 63.9 Å². The second kappa shape index (κ2) is 6.51. The van der Waals surface area contributed by atoms with Crippen molar-refractivity contribution in [1.29, 1.82) is 5.26 Å². The molecule has 5 heteroatoms. The summed E-state index contributed by atoms with van der Waals surface area (Å²) in [5.41, 5.74) is 0.655. The minimum absolute atomic E-state index is 0.143. The highest BCUT2D eigenvalue weighted by atomic mass is 79.9. The number of ketones is 1. The molecule has 0 saturated heterocycles. The van der Waals surface area contributed by atoms with E-state index >= 15 is 0 Å². The molecular formula is C16H11BrFNO2. The Morgan fingerprint density at radius 2 is 2.10 bits per heavy atom. The van der Waals surface area contributed by atoms with Gasteiger partial charge in [-0.1, -0.05) is 28.1 Å². The first-order chi connectivity index (χ1) is 10.1. The third-order valence-electron chi connectivity index (χ3n) is 3.01. The van der Waals surface area contributed by atoms with Gasteiger partial charge in [-0.05, 0) is 35.9 Å². The number of nitriles is 1. The monoisotopic (exact) mass is 347 g/mol. The molecule has 0 aliphatic rings. The van der Waals surface area contributed by atoms with E-state index in [9.17, 15) is 14.4 Å². The van der Waals surface area contributed by atoms with Gasteiger partial charge in [-0.25, -0.2) is 4.39 Å². The minimum atomic E-state index is -1.02. The van der Waals surface area contributed by atoms with Crippen molar-refractivity contribution in [3.63, 3.8) is 0 Å². The van der Waals surface area contributed by atoms with Gasteiger partial charge in [0.05, 0.1) is 13.2 Å². The van der Waals surface area contributed by atoms with E-state index < -0.39 is 17.5 Å². The summed E-state index contributed by atoms with van der Waals surface area (Å²) in [6.07, 6.45) is 0. The third-order valence-corrected chi connectivity index (χ3v) is 3.70. The van der Waals surface area contributed by atoms with Gasteiger partial charge in [0.2, 0.25) is 0 Å². The predicted molar refractivity (Wildman–Crippen MR) is 79.8 cm³/mol. The van der Waals surface area contributed by atoms with Gasteiger partial charge in [0.25, 0.3) is 0 Å². The first kappa shape index (κ1) is 15.2. The normalized spacial score (nSPS) is 11.5. The van der Waals surface area contributed by atoms with Crippen LogP contribution < -0.4 is 4.74 Å². The number of methoxy groups -OCH3 is 1. The molecule has 0 bridgehead atoms. The van der Waals surface area contributed by atoms with Crippen LogP contribution >= 0.6 is 15.9 Å². The zero-order valence-electron chi connectivity index (χ0n) is 11.1. The van der Waals surface area contributed by atoms with E-state index in [1.165, 1.54) is 19.2 Å². The Labute approximate surface area is 130 Å². The average molecular weight is 348 g/mol. The first-order valence-electron chi connectivity index (χ1n) is 6.09. The Kier molecular flexibility index (Phi) is 4.71. The number of carbonyl (C=O) groups excluding carboxylic acids is 1. The highest BCUT2D eigenvalue weighted by Crippen LogP contribution is 2.27. The van der Waals surface area contributed by atoms with Crippen molar-refractivity contribution in [3.8, 4) is 11.8 Å². The summed E-state index contributed by atoms with van der Waals surface area (Å²) in [4.78, 5) is 12.5. The van der Waals surface area contributed by atoms with Crippen molar-refractivity contribution in [2.75, 3.05) is 7.11 Å². The molecule has 2 aromatic carbocycles. The van der Waals surface area contributed by atoms with Crippen LogP contribution in [0.3, 0.4) is 0 Å². The van der Waals surface area contributed by atoms with E-state index in [1.54, 1.807) is 24.3 Å². The summed E-state index contributed by atoms with van der Waals surface area (Å²) < 4.78 is 18.9. The van der Waals surface area contributed by atoms with Gasteiger partial charge in [0.1, 0.15) is 17.5 Å². The second-order valence-electron chi connectivity index (χ2n) is 4.33. The van der Waals surface area contributed by atoms with Crippen LogP contribution in [0.15, 0.2) is 46.9 Å². The van der Waals surface area contributed by atoms with Crippen LogP contribution in [-0.4, -0.2) is 12.9 Å². The Bertz CT molecular complexity index is 724. The van der Waals surface area contributed by atoms with Crippen LogP contribution in [-0.2, 0) is 0 Å². The Hall–Kier alpha value is -2.19. The number of carbonyl (C=O) groups is 1. The lowest BCUT2D eigenvalue weighted by Gasteiger charge is -2.11. The maximum Gasteiger partial charge on any atom is 0.185 e. The molecule has 2 aromatic rings. The van der Waals surface area contributed by atoms with Gasteiger partial charge in [-0.15, -0.1) is 0 Å². The van der Waals surface area contributed by atoms with Crippen LogP contribution in [0.25, 0.3) is 0 Å². The van der Waals surface area contributed by atoms with Crippen molar-refractivity contribution >= 4 is 21.7 Å². The summed E-state index contributed by atoms with van der Waals surface area (Å²) in [7, 11) is 1.51. The molecule has 106 valence electrons. The van der Waals surface area contributed by atoms with E-state index in [4.69, 9.17) is 4.74 Å². The number of halogens is 2. The van der Waals surface area contributed by atoms with Gasteiger partial charge in [0, 0.05) is 10.0 Å². The lowest BCUT2D eigenvalue weighted by atomic mass is 9.91. The fraction of sp³-hybridized carbons (Fsp3) is 0.125. The molecule has 0 aliphatic heterocycles. The van der Waals surface area contributed by atoms with Gasteiger partial charge in [-0.3, -0.25) is 4.79 Å². The molecule has 0 N–H and O–H groups in total. The Balaban J connectivity index is 2.43. The summed E-state index contributed by atoms with van der Waals surface area (Å²) >= 11 is 3.21. The topological polar surface area (TPSA) is 50.1 Å². The van der Waals surface area contributed by atoms with E-state index in [0.29, 0.717) is 15.8 Å². The molecular weight excluding hydrogens is 337 g/mol. The molecule has 3 nitrogen and oxygen atoms in total. The predicted octanol–water partition coefficient (Wildman–Crippen LogP) is 4.09. The molecule has 0 spiro atoms. The average Bonchev–Trinajstić information content (AvgIpc) is 2.50. The minimum Gasteiger partial charge on any atom is -0.497 e. The number of hydrogen-bond acceptors (Lipinski definition) is 3. The Morgan fingerprint density at radius 3 is 2.76 bits per heavy atom. The van der Waals surface area contributed by atoms with E-state index in [-0.39, 0.29) is 5.56 Å². The standard InChI is InChI=1S/C16H11BrFNO2/c1-21-12-4-2-3-10(7-12)14(9-19)16(20)13-8-11(18)5-6-15(13)17/h2-8,14H,1H3. The molecule has 21 heavy (non-hydrogen) atoms. The molecule has 0 radical (unpaired) electrons. The van der Waals surface area contributed by atoms with Crippen molar-refractivity contribution in [2.24, 2.45) is 0 Å². The number of rotatable bonds is 4. The largest absolute Gasteiger partial charge is 0.497 e. The molecule has 1 atom stereocenters. The fourth-order valence-corrected chi connectivity index (χ4v) is 2.39. The summed E-state index contributed by atoms with van der Waals surface area (Å²) in [6.45, 7) is 0. The SMILES string of the molecule is COc1cccc(C(C#N)C(=O)c2cc(F)ccc2Br)c1. The fourth-order valence-electron chi connectivity index (χ4n) is 1.95. The smallest absolute Gasteiger partial charge is 0.185 e. The molecule has 0 aromatic heterocycles. The van der Waals surface area contributed by atoms with Crippen LogP contribution in [0.5, 0.6) is 5.75 Å². The lowest BCUT2D eigenvalue weighted by Crippen LogP contribution is -2.12. The summed E-state index contributed by atoms with van der Waals surface area (Å²) in [6, 6.07) is 12.5. The van der Waals surface area contributed by atoms with E-state index in [0.717, 1.165) is 6.07 Å². The van der Waals surface area contributed by atoms with E-state index in [1.807, 2.05) is 6.07 Å². The highest BCUT2D eigenvalue weighted by Gasteiger charge is 2.24. The molecule has 0 heterocycles. The quantitative estimate of drug-likeness (QED) is 0.782. The van der Waals surface area contributed by atoms with Gasteiger partial charge in [-0.2, -0.15) is 5.26 Å². The molecule has 0 aliphatic carbocycles. The molecule has 0 saturated carbocycles. The van der Waals surface area contributed by atoms with Crippen molar-refractivity contribution < 1.29 is 13.9 Å². The van der Waals surface area contributed by atoms with Gasteiger partial charge >= 0.3 is 0 Å². The number of nitrogens with zero attached hydrogens (tertiary/aromatic N) is 1. The number of benzene rings is 2.